The minimum Gasteiger partial charge on any atom is -0.508 e. The van der Waals surface area contributed by atoms with Gasteiger partial charge in [0.15, 0.2) is 0 Å². The van der Waals surface area contributed by atoms with Crippen molar-refractivity contribution in [2.75, 3.05) is 36.9 Å². The Morgan fingerprint density at radius 2 is 1.82 bits per heavy atom. The van der Waals surface area contributed by atoms with Gasteiger partial charge in [0.2, 0.25) is 11.8 Å². The number of hydrogen-bond donors (Lipinski definition) is 5. The van der Waals surface area contributed by atoms with Gasteiger partial charge in [-0.3, -0.25) is 9.59 Å². The van der Waals surface area contributed by atoms with Crippen LogP contribution in [-0.2, 0) is 22.6 Å². The first-order valence-electron chi connectivity index (χ1n) is 13.6. The van der Waals surface area contributed by atoms with Crippen LogP contribution in [0.5, 0.6) is 5.75 Å². The summed E-state index contributed by atoms with van der Waals surface area (Å²) in [6.45, 7) is 4.44. The van der Waals surface area contributed by atoms with E-state index in [1.54, 1.807) is 12.1 Å². The van der Waals surface area contributed by atoms with E-state index < -0.39 is 0 Å². The molecule has 0 saturated carbocycles. The summed E-state index contributed by atoms with van der Waals surface area (Å²) >= 11 is 0. The first-order valence-corrected chi connectivity index (χ1v) is 13.6. The summed E-state index contributed by atoms with van der Waals surface area (Å²) < 4.78 is 0. The Labute approximate surface area is 230 Å². The Hall–Kier alpha value is -3.88. The van der Waals surface area contributed by atoms with Gasteiger partial charge in [0, 0.05) is 43.9 Å². The largest absolute Gasteiger partial charge is 0.508 e. The van der Waals surface area contributed by atoms with E-state index >= 15 is 0 Å². The van der Waals surface area contributed by atoms with Crippen molar-refractivity contribution in [2.24, 2.45) is 5.73 Å². The number of aromatic hydroxyl groups is 1. The molecule has 4 rings (SSSR count). The maximum Gasteiger partial charge on any atom is 0.237 e. The molecule has 0 fully saturated rings. The van der Waals surface area contributed by atoms with Crippen molar-refractivity contribution >= 4 is 23.2 Å². The molecular weight excluding hydrogens is 490 g/mol. The Kier molecular flexibility index (Phi) is 9.57. The van der Waals surface area contributed by atoms with Gasteiger partial charge in [-0.25, -0.2) is 0 Å². The van der Waals surface area contributed by atoms with Crippen molar-refractivity contribution in [3.63, 3.8) is 0 Å². The van der Waals surface area contributed by atoms with Gasteiger partial charge < -0.3 is 31.7 Å². The lowest BCUT2D eigenvalue weighted by atomic mass is 9.92. The standard InChI is InChI=1S/C31H39N5O3/c1-3-33-28(18-21-9-15-25(37)16-10-21)31(39)34-19-23-6-4-7-26-27(20-36(2)30(23)26)22-11-13-24(14-12-22)35-29(38)8-5-17-32/h4,6-7,9-16,27-28,33,37H,3,5,8,17-20,32H2,1-2H3,(H,34,39)(H,35,38)/t27?,28-/m0/s1. The Morgan fingerprint density at radius 3 is 2.51 bits per heavy atom. The molecule has 3 aromatic rings. The molecule has 3 aromatic carbocycles. The Morgan fingerprint density at radius 1 is 1.08 bits per heavy atom. The van der Waals surface area contributed by atoms with Crippen LogP contribution in [0.1, 0.15) is 47.9 Å². The summed E-state index contributed by atoms with van der Waals surface area (Å²) in [6.07, 6.45) is 1.63. The lowest BCUT2D eigenvalue weighted by Crippen LogP contribution is -2.45. The van der Waals surface area contributed by atoms with Crippen molar-refractivity contribution < 1.29 is 14.7 Å². The normalized spacial score (nSPS) is 15.1. The monoisotopic (exact) mass is 529 g/mol. The van der Waals surface area contributed by atoms with E-state index in [1.807, 2.05) is 31.2 Å². The van der Waals surface area contributed by atoms with Gasteiger partial charge in [-0.15, -0.1) is 0 Å². The number of phenols is 1. The number of nitrogens with zero attached hydrogens (tertiary/aromatic N) is 1. The molecule has 6 N–H and O–H groups in total. The predicted molar refractivity (Wildman–Crippen MR) is 156 cm³/mol. The summed E-state index contributed by atoms with van der Waals surface area (Å²) in [5.41, 5.74) is 11.9. The highest BCUT2D eigenvalue weighted by molar-refractivity contribution is 5.90. The van der Waals surface area contributed by atoms with Crippen LogP contribution in [0.2, 0.25) is 0 Å². The van der Waals surface area contributed by atoms with Crippen LogP contribution >= 0.6 is 0 Å². The molecular formula is C31H39N5O3. The van der Waals surface area contributed by atoms with Crippen molar-refractivity contribution in [1.82, 2.24) is 10.6 Å². The molecule has 1 heterocycles. The van der Waals surface area contributed by atoms with Crippen LogP contribution in [0.4, 0.5) is 11.4 Å². The number of benzene rings is 3. The van der Waals surface area contributed by atoms with Gasteiger partial charge in [0.25, 0.3) is 0 Å². The second-order valence-electron chi connectivity index (χ2n) is 10.0. The Bertz CT molecular complexity index is 1260. The average molecular weight is 530 g/mol. The van der Waals surface area contributed by atoms with Crippen LogP contribution in [-0.4, -0.2) is 49.6 Å². The number of nitrogens with one attached hydrogen (secondary N) is 3. The van der Waals surface area contributed by atoms with Gasteiger partial charge in [0.05, 0.1) is 6.04 Å². The van der Waals surface area contributed by atoms with Crippen molar-refractivity contribution in [1.29, 1.82) is 0 Å². The van der Waals surface area contributed by atoms with E-state index in [1.165, 1.54) is 11.1 Å². The molecule has 0 saturated heterocycles. The van der Waals surface area contributed by atoms with Crippen molar-refractivity contribution in [3.05, 3.63) is 89.0 Å². The minimum absolute atomic E-state index is 0.0229. The molecule has 0 radical (unpaired) electrons. The highest BCUT2D eigenvalue weighted by Crippen LogP contribution is 2.41. The number of carbonyl (C=O) groups is 2. The van der Waals surface area contributed by atoms with Gasteiger partial charge in [-0.2, -0.15) is 0 Å². The van der Waals surface area contributed by atoms with Crippen LogP contribution < -0.4 is 26.6 Å². The number of anilines is 2. The fourth-order valence-corrected chi connectivity index (χ4v) is 5.21. The number of nitrogens with two attached hydrogens (primary N) is 1. The lowest BCUT2D eigenvalue weighted by Gasteiger charge is -2.20. The topological polar surface area (TPSA) is 120 Å². The molecule has 206 valence electrons. The zero-order chi connectivity index (χ0) is 27.8. The minimum atomic E-state index is -0.365. The molecule has 0 aliphatic carbocycles. The number of para-hydroxylation sites is 1. The number of carbonyl (C=O) groups excluding carboxylic acids is 2. The van der Waals surface area contributed by atoms with E-state index in [0.29, 0.717) is 38.9 Å². The fourth-order valence-electron chi connectivity index (χ4n) is 5.21. The van der Waals surface area contributed by atoms with Crippen molar-refractivity contribution in [3.8, 4) is 5.75 Å². The van der Waals surface area contributed by atoms with Gasteiger partial charge in [0.1, 0.15) is 5.75 Å². The number of amides is 2. The fraction of sp³-hybridized carbons (Fsp3) is 0.355. The van der Waals surface area contributed by atoms with Gasteiger partial charge in [-0.05, 0) is 72.5 Å². The molecule has 1 aliphatic heterocycles. The lowest BCUT2D eigenvalue weighted by molar-refractivity contribution is -0.123. The molecule has 0 spiro atoms. The summed E-state index contributed by atoms with van der Waals surface area (Å²) in [7, 11) is 2.09. The maximum absolute atomic E-state index is 13.1. The number of rotatable bonds is 12. The molecule has 2 amide bonds. The first-order chi connectivity index (χ1) is 18.9. The third-order valence-electron chi connectivity index (χ3n) is 7.17. The second kappa shape index (κ2) is 13.3. The van der Waals surface area contributed by atoms with E-state index in [0.717, 1.165) is 29.0 Å². The maximum atomic E-state index is 13.1. The number of hydrogen-bond acceptors (Lipinski definition) is 6. The number of fused-ring (bicyclic) bond motifs is 1. The first kappa shape index (κ1) is 28.1. The third-order valence-corrected chi connectivity index (χ3v) is 7.17. The summed E-state index contributed by atoms with van der Waals surface area (Å²) in [5, 5.41) is 18.9. The number of likely N-dealkylation sites (N-methyl/N-ethyl adjacent to an activating group) is 2. The van der Waals surface area contributed by atoms with Crippen LogP contribution in [0.25, 0.3) is 0 Å². The van der Waals surface area contributed by atoms with E-state index in [2.05, 4.69) is 58.2 Å². The third kappa shape index (κ3) is 7.16. The number of phenolic OH excluding ortho intramolecular Hbond substituents is 1. The average Bonchev–Trinajstić information content (AvgIpc) is 3.28. The van der Waals surface area contributed by atoms with E-state index in [4.69, 9.17) is 5.73 Å². The molecule has 39 heavy (non-hydrogen) atoms. The highest BCUT2D eigenvalue weighted by Gasteiger charge is 2.30. The summed E-state index contributed by atoms with van der Waals surface area (Å²) in [5.74, 6) is 0.338. The molecule has 8 nitrogen and oxygen atoms in total. The SMILES string of the molecule is CCN[C@@H](Cc1ccc(O)cc1)C(=O)NCc1cccc2c1N(C)CC2c1ccc(NC(=O)CCCN)cc1. The molecule has 2 atom stereocenters. The quantitative estimate of drug-likeness (QED) is 0.245. The van der Waals surface area contributed by atoms with Crippen LogP contribution in [0.3, 0.4) is 0 Å². The smallest absolute Gasteiger partial charge is 0.237 e. The van der Waals surface area contributed by atoms with Gasteiger partial charge >= 0.3 is 0 Å². The van der Waals surface area contributed by atoms with E-state index in [9.17, 15) is 14.7 Å². The molecule has 1 aliphatic rings. The van der Waals surface area contributed by atoms with Crippen LogP contribution in [0.15, 0.2) is 66.7 Å². The van der Waals surface area contributed by atoms with Crippen molar-refractivity contribution in [2.45, 2.75) is 44.7 Å². The molecule has 0 bridgehead atoms. The molecule has 0 aromatic heterocycles. The highest BCUT2D eigenvalue weighted by atomic mass is 16.3. The zero-order valence-electron chi connectivity index (χ0n) is 22.7. The Balaban J connectivity index is 1.43. The summed E-state index contributed by atoms with van der Waals surface area (Å²) in [6, 6.07) is 20.9. The van der Waals surface area contributed by atoms with Crippen LogP contribution in [0, 0.1) is 0 Å². The van der Waals surface area contributed by atoms with Gasteiger partial charge in [-0.1, -0.05) is 49.4 Å². The zero-order valence-corrected chi connectivity index (χ0v) is 22.7. The van der Waals surface area contributed by atoms with E-state index in [-0.39, 0.29) is 29.5 Å². The molecule has 1 unspecified atom stereocenters. The molecule has 8 heteroatoms. The summed E-state index contributed by atoms with van der Waals surface area (Å²) in [4.78, 5) is 27.4. The predicted octanol–water partition coefficient (Wildman–Crippen LogP) is 3.49. The second-order valence-corrected chi connectivity index (χ2v) is 10.0.